The van der Waals surface area contributed by atoms with Crippen LogP contribution in [-0.4, -0.2) is 36.6 Å². The largest absolute Gasteiger partial charge is 0.439 e. The molecule has 4 atom stereocenters. The summed E-state index contributed by atoms with van der Waals surface area (Å²) in [7, 11) is 0. The predicted octanol–water partition coefficient (Wildman–Crippen LogP) is -0.428. The van der Waals surface area contributed by atoms with Gasteiger partial charge < -0.3 is 14.8 Å². The first-order chi connectivity index (χ1) is 6.20. The lowest BCUT2D eigenvalue weighted by atomic mass is 10.3. The van der Waals surface area contributed by atoms with Gasteiger partial charge in [0.15, 0.2) is 0 Å². The maximum Gasteiger partial charge on any atom is 0.407 e. The minimum atomic E-state index is -0.297. The maximum absolute atomic E-state index is 10.8. The Bertz CT molecular complexity index is 270. The molecule has 0 aromatic rings. The van der Waals surface area contributed by atoms with E-state index in [-0.39, 0.29) is 24.0 Å². The van der Waals surface area contributed by atoms with Gasteiger partial charge in [0.25, 0.3) is 0 Å². The topological polar surface area (TPSA) is 62.9 Å². The maximum atomic E-state index is 10.8. The van der Waals surface area contributed by atoms with Crippen LogP contribution < -0.4 is 10.6 Å². The summed E-state index contributed by atoms with van der Waals surface area (Å²) in [6.07, 6.45) is 1.08. The third-order valence-electron chi connectivity index (χ3n) is 2.93. The Morgan fingerprint density at radius 3 is 3.00 bits per heavy atom. The SMILES string of the molecule is CC1OC1NC1CC12CNC(=O)O2. The zero-order valence-corrected chi connectivity index (χ0v) is 7.37. The van der Waals surface area contributed by atoms with Crippen molar-refractivity contribution < 1.29 is 14.3 Å². The summed E-state index contributed by atoms with van der Waals surface area (Å²) in [6.45, 7) is 2.65. The Hall–Kier alpha value is -0.810. The van der Waals surface area contributed by atoms with E-state index >= 15 is 0 Å². The van der Waals surface area contributed by atoms with E-state index in [2.05, 4.69) is 10.6 Å². The molecule has 2 heterocycles. The van der Waals surface area contributed by atoms with E-state index in [0.717, 1.165) is 6.42 Å². The van der Waals surface area contributed by atoms with Crippen molar-refractivity contribution in [3.63, 3.8) is 0 Å². The number of epoxide rings is 1. The number of rotatable bonds is 2. The molecule has 0 bridgehead atoms. The molecule has 5 nitrogen and oxygen atoms in total. The standard InChI is InChI=1S/C8H12N2O3/c1-4-6(12-4)10-5-2-8(5)3-9-7(11)13-8/h4-6,10H,2-3H2,1H3,(H,9,11). The van der Waals surface area contributed by atoms with Crippen LogP contribution in [0.4, 0.5) is 4.79 Å². The van der Waals surface area contributed by atoms with Crippen molar-refractivity contribution in [2.45, 2.75) is 37.3 Å². The number of alkyl carbamates (subject to hydrolysis) is 1. The minimum Gasteiger partial charge on any atom is -0.439 e. The summed E-state index contributed by atoms with van der Waals surface area (Å²) in [5.41, 5.74) is -0.261. The van der Waals surface area contributed by atoms with Crippen molar-refractivity contribution >= 4 is 6.09 Å². The fourth-order valence-corrected chi connectivity index (χ4v) is 1.84. The Morgan fingerprint density at radius 2 is 2.46 bits per heavy atom. The number of ether oxygens (including phenoxy) is 2. The molecular weight excluding hydrogens is 172 g/mol. The Kier molecular flexibility index (Phi) is 1.26. The van der Waals surface area contributed by atoms with Crippen molar-refractivity contribution in [1.29, 1.82) is 0 Å². The monoisotopic (exact) mass is 184 g/mol. The molecule has 0 aromatic heterocycles. The highest BCUT2D eigenvalue weighted by atomic mass is 16.6. The number of nitrogens with one attached hydrogen (secondary N) is 2. The first-order valence-electron chi connectivity index (χ1n) is 4.58. The molecule has 3 aliphatic rings. The molecule has 5 heteroatoms. The van der Waals surface area contributed by atoms with Crippen LogP contribution in [0.5, 0.6) is 0 Å². The lowest BCUT2D eigenvalue weighted by Gasteiger charge is -2.06. The number of carbonyl (C=O) groups excluding carboxylic acids is 1. The first kappa shape index (κ1) is 7.58. The summed E-state index contributed by atoms with van der Waals surface area (Å²) >= 11 is 0. The average molecular weight is 184 g/mol. The van der Waals surface area contributed by atoms with Crippen LogP contribution in [-0.2, 0) is 9.47 Å². The minimum absolute atomic E-state index is 0.170. The van der Waals surface area contributed by atoms with Gasteiger partial charge in [-0.2, -0.15) is 0 Å². The Balaban J connectivity index is 1.57. The molecule has 1 aliphatic carbocycles. The molecule has 2 saturated heterocycles. The lowest BCUT2D eigenvalue weighted by Crippen LogP contribution is -2.32. The van der Waals surface area contributed by atoms with Crippen molar-refractivity contribution in [2.24, 2.45) is 0 Å². The van der Waals surface area contributed by atoms with E-state index < -0.39 is 0 Å². The molecule has 72 valence electrons. The molecular formula is C8H12N2O3. The molecule has 1 saturated carbocycles. The van der Waals surface area contributed by atoms with Crippen LogP contribution in [0.3, 0.4) is 0 Å². The van der Waals surface area contributed by atoms with Gasteiger partial charge in [-0.25, -0.2) is 4.79 Å². The third-order valence-corrected chi connectivity index (χ3v) is 2.93. The predicted molar refractivity (Wildman–Crippen MR) is 43.1 cm³/mol. The number of hydrogen-bond acceptors (Lipinski definition) is 4. The zero-order valence-electron chi connectivity index (χ0n) is 7.37. The van der Waals surface area contributed by atoms with Gasteiger partial charge in [-0.05, 0) is 6.92 Å². The molecule has 1 amide bonds. The fraction of sp³-hybridized carbons (Fsp3) is 0.875. The molecule has 2 N–H and O–H groups in total. The first-order valence-corrected chi connectivity index (χ1v) is 4.58. The van der Waals surface area contributed by atoms with Gasteiger partial charge in [0.1, 0.15) is 11.8 Å². The van der Waals surface area contributed by atoms with Gasteiger partial charge >= 0.3 is 6.09 Å². The second-order valence-corrected chi connectivity index (χ2v) is 3.99. The highest BCUT2D eigenvalue weighted by molar-refractivity contribution is 5.71. The van der Waals surface area contributed by atoms with E-state index in [0.29, 0.717) is 12.6 Å². The van der Waals surface area contributed by atoms with E-state index in [1.165, 1.54) is 0 Å². The van der Waals surface area contributed by atoms with Gasteiger partial charge in [-0.1, -0.05) is 0 Å². The van der Waals surface area contributed by atoms with Crippen molar-refractivity contribution in [3.05, 3.63) is 0 Å². The summed E-state index contributed by atoms with van der Waals surface area (Å²) in [4.78, 5) is 10.8. The van der Waals surface area contributed by atoms with Gasteiger partial charge in [-0.15, -0.1) is 0 Å². The number of amides is 1. The molecule has 0 radical (unpaired) electrons. The second kappa shape index (κ2) is 2.16. The lowest BCUT2D eigenvalue weighted by molar-refractivity contribution is 0.120. The van der Waals surface area contributed by atoms with E-state index in [9.17, 15) is 4.79 Å². The van der Waals surface area contributed by atoms with E-state index in [4.69, 9.17) is 9.47 Å². The quantitative estimate of drug-likeness (QED) is 0.572. The normalized spacial score (nSPS) is 51.8. The highest BCUT2D eigenvalue weighted by Gasteiger charge is 2.62. The Labute approximate surface area is 75.8 Å². The third kappa shape index (κ3) is 1.11. The van der Waals surface area contributed by atoms with Gasteiger partial charge in [0.05, 0.1) is 18.7 Å². The van der Waals surface area contributed by atoms with Gasteiger partial charge in [0.2, 0.25) is 0 Å². The molecule has 0 aromatic carbocycles. The molecule has 1 spiro atoms. The summed E-state index contributed by atoms with van der Waals surface area (Å²) in [6, 6.07) is 0.279. The molecule has 13 heavy (non-hydrogen) atoms. The summed E-state index contributed by atoms with van der Waals surface area (Å²) in [5, 5.41) is 5.96. The second-order valence-electron chi connectivity index (χ2n) is 3.99. The van der Waals surface area contributed by atoms with Gasteiger partial charge in [0, 0.05) is 6.42 Å². The van der Waals surface area contributed by atoms with Crippen LogP contribution in [0.25, 0.3) is 0 Å². The number of hydrogen-bond donors (Lipinski definition) is 2. The number of carbonyl (C=O) groups is 1. The van der Waals surface area contributed by atoms with Crippen molar-refractivity contribution in [2.75, 3.05) is 6.54 Å². The molecule has 2 aliphatic heterocycles. The fourth-order valence-electron chi connectivity index (χ4n) is 1.84. The summed E-state index contributed by atoms with van der Waals surface area (Å²) in [5.74, 6) is 0. The van der Waals surface area contributed by atoms with Crippen LogP contribution in [0.2, 0.25) is 0 Å². The molecule has 3 rings (SSSR count). The van der Waals surface area contributed by atoms with Crippen molar-refractivity contribution in [1.82, 2.24) is 10.6 Å². The zero-order chi connectivity index (χ0) is 9.05. The highest BCUT2D eigenvalue weighted by Crippen LogP contribution is 2.43. The summed E-state index contributed by atoms with van der Waals surface area (Å²) < 4.78 is 10.4. The van der Waals surface area contributed by atoms with Gasteiger partial charge in [-0.3, -0.25) is 5.32 Å². The van der Waals surface area contributed by atoms with E-state index in [1.54, 1.807) is 0 Å². The van der Waals surface area contributed by atoms with Crippen LogP contribution >= 0.6 is 0 Å². The van der Waals surface area contributed by atoms with Crippen LogP contribution in [0.15, 0.2) is 0 Å². The van der Waals surface area contributed by atoms with Crippen LogP contribution in [0.1, 0.15) is 13.3 Å². The Morgan fingerprint density at radius 1 is 1.69 bits per heavy atom. The molecule has 4 unspecified atom stereocenters. The molecule has 3 fully saturated rings. The van der Waals surface area contributed by atoms with Crippen LogP contribution in [0, 0.1) is 0 Å². The van der Waals surface area contributed by atoms with E-state index in [1.807, 2.05) is 6.92 Å². The smallest absolute Gasteiger partial charge is 0.407 e. The van der Waals surface area contributed by atoms with Crippen molar-refractivity contribution in [3.8, 4) is 0 Å². The average Bonchev–Trinajstić information content (AvgIpc) is 2.87.